The fourth-order valence-corrected chi connectivity index (χ4v) is 1.94. The highest BCUT2D eigenvalue weighted by molar-refractivity contribution is 5.99. The van der Waals surface area contributed by atoms with Gasteiger partial charge in [0.2, 0.25) is 0 Å². The van der Waals surface area contributed by atoms with E-state index in [1.165, 1.54) is 12.2 Å². The summed E-state index contributed by atoms with van der Waals surface area (Å²) in [6, 6.07) is 10.3. The molecule has 0 N–H and O–H groups in total. The normalized spacial score (nSPS) is 10.0. The predicted molar refractivity (Wildman–Crippen MR) is 84.9 cm³/mol. The van der Waals surface area contributed by atoms with E-state index in [0.29, 0.717) is 11.1 Å². The van der Waals surface area contributed by atoms with Crippen molar-refractivity contribution < 1.29 is 19.1 Å². The van der Waals surface area contributed by atoms with Gasteiger partial charge in [-0.3, -0.25) is 0 Å². The summed E-state index contributed by atoms with van der Waals surface area (Å²) in [7, 11) is 0. The lowest BCUT2D eigenvalue weighted by atomic mass is 10.0. The van der Waals surface area contributed by atoms with E-state index >= 15 is 0 Å². The summed E-state index contributed by atoms with van der Waals surface area (Å²) in [6.07, 6.45) is 3.03. The highest BCUT2D eigenvalue weighted by Crippen LogP contribution is 2.19. The minimum atomic E-state index is -0.406. The monoisotopic (exact) mass is 296 g/mol. The second-order valence-electron chi connectivity index (χ2n) is 4.55. The molecule has 0 saturated heterocycles. The average Bonchev–Trinajstić information content (AvgIpc) is 2.56. The fraction of sp³-hybridized carbons (Fsp3) is 0.111. The number of hydrogen-bond donors (Lipinski definition) is 0. The van der Waals surface area contributed by atoms with Crippen LogP contribution in [0.1, 0.15) is 20.7 Å². The van der Waals surface area contributed by atoms with Crippen LogP contribution in [0.2, 0.25) is 0 Å². The molecule has 0 aliphatic rings. The molecule has 2 rings (SSSR count). The van der Waals surface area contributed by atoms with E-state index in [9.17, 15) is 9.59 Å². The SMILES string of the molecule is C=CCOC(=O)c1ccc2cc(C(=O)OCC=C)ccc2c1. The van der Waals surface area contributed by atoms with E-state index in [1.54, 1.807) is 36.4 Å². The van der Waals surface area contributed by atoms with Crippen LogP contribution in [-0.4, -0.2) is 25.2 Å². The molecule has 0 bridgehead atoms. The van der Waals surface area contributed by atoms with Gasteiger partial charge in [-0.05, 0) is 35.0 Å². The molecular formula is C18H16O4. The number of benzene rings is 2. The van der Waals surface area contributed by atoms with Crippen molar-refractivity contribution in [3.8, 4) is 0 Å². The Balaban J connectivity index is 2.25. The predicted octanol–water partition coefficient (Wildman–Crippen LogP) is 3.53. The van der Waals surface area contributed by atoms with Crippen LogP contribution in [0.25, 0.3) is 10.8 Å². The first-order chi connectivity index (χ1) is 10.7. The van der Waals surface area contributed by atoms with Crippen molar-refractivity contribution in [2.24, 2.45) is 0 Å². The Hall–Kier alpha value is -2.88. The van der Waals surface area contributed by atoms with Crippen molar-refractivity contribution in [2.45, 2.75) is 0 Å². The molecule has 2 aromatic carbocycles. The topological polar surface area (TPSA) is 52.6 Å². The Morgan fingerprint density at radius 2 is 1.23 bits per heavy atom. The molecule has 0 fully saturated rings. The maximum atomic E-state index is 11.8. The first-order valence-corrected chi connectivity index (χ1v) is 6.75. The molecule has 0 heterocycles. The summed E-state index contributed by atoms with van der Waals surface area (Å²) in [6.45, 7) is 7.34. The molecule has 22 heavy (non-hydrogen) atoms. The smallest absolute Gasteiger partial charge is 0.338 e. The van der Waals surface area contributed by atoms with Gasteiger partial charge in [-0.25, -0.2) is 9.59 Å². The Bertz CT molecular complexity index is 668. The average molecular weight is 296 g/mol. The lowest BCUT2D eigenvalue weighted by molar-refractivity contribution is 0.0540. The van der Waals surface area contributed by atoms with Gasteiger partial charge in [0.05, 0.1) is 11.1 Å². The van der Waals surface area contributed by atoms with E-state index in [1.807, 2.05) is 0 Å². The quantitative estimate of drug-likeness (QED) is 0.604. The third-order valence-corrected chi connectivity index (χ3v) is 2.98. The van der Waals surface area contributed by atoms with Gasteiger partial charge in [0, 0.05) is 0 Å². The third kappa shape index (κ3) is 3.61. The van der Waals surface area contributed by atoms with Gasteiger partial charge in [-0.15, -0.1) is 0 Å². The number of hydrogen-bond acceptors (Lipinski definition) is 4. The number of rotatable bonds is 6. The molecule has 4 nitrogen and oxygen atoms in total. The molecule has 0 amide bonds. The Morgan fingerprint density at radius 3 is 1.59 bits per heavy atom. The van der Waals surface area contributed by atoms with Crippen LogP contribution < -0.4 is 0 Å². The maximum absolute atomic E-state index is 11.8. The van der Waals surface area contributed by atoms with Crippen molar-refractivity contribution in [3.63, 3.8) is 0 Å². The molecular weight excluding hydrogens is 280 g/mol. The summed E-state index contributed by atoms with van der Waals surface area (Å²) in [5.74, 6) is -0.812. The number of carbonyl (C=O) groups excluding carboxylic acids is 2. The van der Waals surface area contributed by atoms with Gasteiger partial charge in [0.25, 0.3) is 0 Å². The van der Waals surface area contributed by atoms with Crippen molar-refractivity contribution in [3.05, 3.63) is 72.8 Å². The van der Waals surface area contributed by atoms with Crippen molar-refractivity contribution in [1.82, 2.24) is 0 Å². The van der Waals surface area contributed by atoms with E-state index in [0.717, 1.165) is 10.8 Å². The number of fused-ring (bicyclic) bond motifs is 1. The molecule has 112 valence electrons. The molecule has 0 saturated carbocycles. The van der Waals surface area contributed by atoms with Gasteiger partial charge in [-0.2, -0.15) is 0 Å². The highest BCUT2D eigenvalue weighted by atomic mass is 16.5. The van der Waals surface area contributed by atoms with Crippen LogP contribution in [0.3, 0.4) is 0 Å². The zero-order valence-corrected chi connectivity index (χ0v) is 12.1. The molecule has 4 heteroatoms. The minimum absolute atomic E-state index is 0.172. The van der Waals surface area contributed by atoms with Gasteiger partial charge >= 0.3 is 11.9 Å². The van der Waals surface area contributed by atoms with E-state index in [4.69, 9.17) is 9.47 Å². The second-order valence-corrected chi connectivity index (χ2v) is 4.55. The van der Waals surface area contributed by atoms with Crippen LogP contribution in [0.5, 0.6) is 0 Å². The van der Waals surface area contributed by atoms with Gasteiger partial charge in [-0.1, -0.05) is 37.4 Å². The summed E-state index contributed by atoms with van der Waals surface area (Å²) < 4.78 is 9.98. The number of esters is 2. The first kappa shape index (κ1) is 15.5. The standard InChI is InChI=1S/C18H16O4/c1-3-9-21-17(19)15-7-5-14-12-16(8-6-13(14)11-15)18(20)22-10-4-2/h3-8,11-12H,1-2,9-10H2. The maximum Gasteiger partial charge on any atom is 0.338 e. The van der Waals surface area contributed by atoms with Crippen LogP contribution >= 0.6 is 0 Å². The molecule has 2 aromatic rings. The third-order valence-electron chi connectivity index (χ3n) is 2.98. The Kier molecular flexibility index (Phi) is 5.09. The zero-order valence-electron chi connectivity index (χ0n) is 12.1. The summed E-state index contributed by atoms with van der Waals surface area (Å²) in [5.41, 5.74) is 0.910. The summed E-state index contributed by atoms with van der Waals surface area (Å²) >= 11 is 0. The van der Waals surface area contributed by atoms with Gasteiger partial charge < -0.3 is 9.47 Å². The van der Waals surface area contributed by atoms with Crippen molar-refractivity contribution in [1.29, 1.82) is 0 Å². The van der Waals surface area contributed by atoms with E-state index in [2.05, 4.69) is 13.2 Å². The van der Waals surface area contributed by atoms with Crippen molar-refractivity contribution in [2.75, 3.05) is 13.2 Å². The molecule has 0 aromatic heterocycles. The lowest BCUT2D eigenvalue weighted by Gasteiger charge is -2.06. The molecule has 0 unspecified atom stereocenters. The Morgan fingerprint density at radius 1 is 0.818 bits per heavy atom. The largest absolute Gasteiger partial charge is 0.458 e. The molecule has 0 radical (unpaired) electrons. The van der Waals surface area contributed by atoms with Gasteiger partial charge in [0.15, 0.2) is 0 Å². The zero-order chi connectivity index (χ0) is 15.9. The molecule has 0 aliphatic heterocycles. The Labute approximate surface area is 128 Å². The lowest BCUT2D eigenvalue weighted by Crippen LogP contribution is -2.06. The van der Waals surface area contributed by atoms with Crippen LogP contribution in [0.15, 0.2) is 61.7 Å². The molecule has 0 atom stereocenters. The first-order valence-electron chi connectivity index (χ1n) is 6.75. The number of carbonyl (C=O) groups is 2. The van der Waals surface area contributed by atoms with E-state index in [-0.39, 0.29) is 13.2 Å². The molecule has 0 aliphatic carbocycles. The van der Waals surface area contributed by atoms with Crippen LogP contribution in [-0.2, 0) is 9.47 Å². The van der Waals surface area contributed by atoms with Crippen LogP contribution in [0, 0.1) is 0 Å². The summed E-state index contributed by atoms with van der Waals surface area (Å²) in [4.78, 5) is 23.6. The summed E-state index contributed by atoms with van der Waals surface area (Å²) in [5, 5.41) is 1.68. The second kappa shape index (κ2) is 7.22. The fourth-order valence-electron chi connectivity index (χ4n) is 1.94. The van der Waals surface area contributed by atoms with Gasteiger partial charge in [0.1, 0.15) is 13.2 Å². The van der Waals surface area contributed by atoms with E-state index < -0.39 is 11.9 Å². The molecule has 0 spiro atoms. The van der Waals surface area contributed by atoms with Crippen LogP contribution in [0.4, 0.5) is 0 Å². The number of ether oxygens (including phenoxy) is 2. The van der Waals surface area contributed by atoms with Crippen molar-refractivity contribution >= 4 is 22.7 Å². The minimum Gasteiger partial charge on any atom is -0.458 e. The highest BCUT2D eigenvalue weighted by Gasteiger charge is 2.10.